The Morgan fingerprint density at radius 3 is 2.68 bits per heavy atom. The van der Waals surface area contributed by atoms with Crippen LogP contribution in [0, 0.1) is 5.92 Å². The Kier molecular flexibility index (Phi) is 4.31. The number of hydrogen-bond donors (Lipinski definition) is 1. The van der Waals surface area contributed by atoms with E-state index in [1.165, 1.54) is 16.4 Å². The van der Waals surface area contributed by atoms with Gasteiger partial charge in [-0.2, -0.15) is 4.31 Å². The van der Waals surface area contributed by atoms with Gasteiger partial charge in [0.2, 0.25) is 10.0 Å². The molecule has 5 nitrogen and oxygen atoms in total. The van der Waals surface area contributed by atoms with Crippen LogP contribution in [0.1, 0.15) is 32.1 Å². The van der Waals surface area contributed by atoms with Crippen LogP contribution in [0.4, 0.5) is 0 Å². The highest BCUT2D eigenvalue weighted by atomic mass is 79.9. The van der Waals surface area contributed by atoms with Gasteiger partial charge in [0.15, 0.2) is 0 Å². The van der Waals surface area contributed by atoms with Gasteiger partial charge in [-0.1, -0.05) is 34.8 Å². The molecule has 2 aliphatic rings. The maximum atomic E-state index is 13.0. The van der Waals surface area contributed by atoms with E-state index in [4.69, 9.17) is 0 Å². The molecular formula is C15H18BrNO4S. The molecule has 2 fully saturated rings. The van der Waals surface area contributed by atoms with E-state index in [0.717, 1.165) is 25.7 Å². The zero-order valence-electron chi connectivity index (χ0n) is 12.0. The summed E-state index contributed by atoms with van der Waals surface area (Å²) in [6, 6.07) is 5.33. The van der Waals surface area contributed by atoms with Crippen molar-refractivity contribution >= 4 is 31.9 Å². The molecule has 1 heterocycles. The first kappa shape index (κ1) is 16.0. The molecular weight excluding hydrogens is 370 g/mol. The van der Waals surface area contributed by atoms with Gasteiger partial charge in [-0.25, -0.2) is 8.42 Å². The Bertz CT molecular complexity index is 691. The Labute approximate surface area is 138 Å². The van der Waals surface area contributed by atoms with Crippen molar-refractivity contribution in [2.75, 3.05) is 0 Å². The minimum Gasteiger partial charge on any atom is -0.480 e. The predicted molar refractivity (Wildman–Crippen MR) is 85.0 cm³/mol. The van der Waals surface area contributed by atoms with E-state index in [1.54, 1.807) is 12.1 Å². The molecule has 1 aliphatic heterocycles. The summed E-state index contributed by atoms with van der Waals surface area (Å²) in [6.45, 7) is 0. The van der Waals surface area contributed by atoms with Crippen LogP contribution >= 0.6 is 15.9 Å². The topological polar surface area (TPSA) is 74.7 Å². The fraction of sp³-hybridized carbons (Fsp3) is 0.533. The maximum Gasteiger partial charge on any atom is 0.322 e. The molecule has 1 saturated carbocycles. The van der Waals surface area contributed by atoms with Gasteiger partial charge in [-0.3, -0.25) is 4.79 Å². The maximum absolute atomic E-state index is 13.0. The molecule has 0 aromatic heterocycles. The molecule has 22 heavy (non-hydrogen) atoms. The first-order valence-electron chi connectivity index (χ1n) is 7.43. The summed E-state index contributed by atoms with van der Waals surface area (Å²) < 4.78 is 27.9. The Hall–Kier alpha value is -0.920. The Balaban J connectivity index is 2.04. The molecule has 0 bridgehead atoms. The average molecular weight is 388 g/mol. The van der Waals surface area contributed by atoms with Crippen LogP contribution in [-0.2, 0) is 14.8 Å². The van der Waals surface area contributed by atoms with Crippen LogP contribution in [-0.4, -0.2) is 35.9 Å². The van der Waals surface area contributed by atoms with E-state index < -0.39 is 22.0 Å². The van der Waals surface area contributed by atoms with Crippen molar-refractivity contribution in [3.63, 3.8) is 0 Å². The average Bonchev–Trinajstić information content (AvgIpc) is 2.87. The second-order valence-electron chi connectivity index (χ2n) is 5.99. The van der Waals surface area contributed by atoms with Gasteiger partial charge < -0.3 is 5.11 Å². The minimum atomic E-state index is -3.80. The lowest BCUT2D eigenvalue weighted by Gasteiger charge is -2.32. The molecule has 0 amide bonds. The molecule has 3 rings (SSSR count). The highest BCUT2D eigenvalue weighted by molar-refractivity contribution is 9.10. The lowest BCUT2D eigenvalue weighted by Crippen LogP contribution is -2.46. The van der Waals surface area contributed by atoms with Gasteiger partial charge in [0, 0.05) is 10.5 Å². The number of halogens is 1. The normalized spacial score (nSPS) is 29.2. The van der Waals surface area contributed by atoms with Crippen LogP contribution in [0.2, 0.25) is 0 Å². The molecule has 0 radical (unpaired) electrons. The zero-order valence-corrected chi connectivity index (χ0v) is 14.4. The SMILES string of the molecule is O=C(O)C1CC2CCCCC2N1S(=O)(=O)c1cccc(Br)c1. The summed E-state index contributed by atoms with van der Waals surface area (Å²) in [5.41, 5.74) is 0. The van der Waals surface area contributed by atoms with Gasteiger partial charge in [0.1, 0.15) is 6.04 Å². The van der Waals surface area contributed by atoms with E-state index in [0.29, 0.717) is 10.9 Å². The van der Waals surface area contributed by atoms with Gasteiger partial charge in [0.05, 0.1) is 4.90 Å². The molecule has 1 aliphatic carbocycles. The molecule has 7 heteroatoms. The van der Waals surface area contributed by atoms with E-state index in [9.17, 15) is 18.3 Å². The highest BCUT2D eigenvalue weighted by Crippen LogP contribution is 2.42. The summed E-state index contributed by atoms with van der Waals surface area (Å²) in [5, 5.41) is 9.48. The molecule has 1 saturated heterocycles. The number of sulfonamides is 1. The van der Waals surface area contributed by atoms with E-state index >= 15 is 0 Å². The monoisotopic (exact) mass is 387 g/mol. The number of aliphatic carboxylic acids is 1. The summed E-state index contributed by atoms with van der Waals surface area (Å²) in [6.07, 6.45) is 4.10. The largest absolute Gasteiger partial charge is 0.480 e. The summed E-state index contributed by atoms with van der Waals surface area (Å²) in [7, 11) is -3.80. The van der Waals surface area contributed by atoms with Crippen molar-refractivity contribution in [1.29, 1.82) is 0 Å². The van der Waals surface area contributed by atoms with Gasteiger partial charge in [0.25, 0.3) is 0 Å². The van der Waals surface area contributed by atoms with Crippen molar-refractivity contribution < 1.29 is 18.3 Å². The third-order valence-electron chi connectivity index (χ3n) is 4.69. The number of benzene rings is 1. The van der Waals surface area contributed by atoms with Crippen molar-refractivity contribution in [1.82, 2.24) is 4.31 Å². The number of hydrogen-bond acceptors (Lipinski definition) is 3. The molecule has 1 aromatic rings. The van der Waals surface area contributed by atoms with Gasteiger partial charge in [-0.05, 0) is 43.4 Å². The number of carbonyl (C=O) groups is 1. The Morgan fingerprint density at radius 2 is 2.00 bits per heavy atom. The molecule has 120 valence electrons. The molecule has 0 spiro atoms. The van der Waals surface area contributed by atoms with Crippen molar-refractivity contribution in [3.05, 3.63) is 28.7 Å². The standard InChI is InChI=1S/C15H18BrNO4S/c16-11-5-3-6-12(9-11)22(20,21)17-13-7-2-1-4-10(13)8-14(17)15(18)19/h3,5-6,9-10,13-14H,1-2,4,7-8H2,(H,18,19). The number of carboxylic acids is 1. The quantitative estimate of drug-likeness (QED) is 0.864. The molecule has 1 N–H and O–H groups in total. The lowest BCUT2D eigenvalue weighted by atomic mass is 9.85. The van der Waals surface area contributed by atoms with Crippen LogP contribution in [0.15, 0.2) is 33.6 Å². The summed E-state index contributed by atoms with van der Waals surface area (Å²) in [5.74, 6) is -0.884. The fourth-order valence-corrected chi connectivity index (χ4v) is 6.19. The van der Waals surface area contributed by atoms with E-state index in [1.807, 2.05) is 0 Å². The minimum absolute atomic E-state index is 0.152. The third kappa shape index (κ3) is 2.70. The fourth-order valence-electron chi connectivity index (χ4n) is 3.72. The van der Waals surface area contributed by atoms with Crippen LogP contribution < -0.4 is 0 Å². The second kappa shape index (κ2) is 5.94. The van der Waals surface area contributed by atoms with Gasteiger partial charge >= 0.3 is 5.97 Å². The van der Waals surface area contributed by atoms with E-state index in [2.05, 4.69) is 15.9 Å². The van der Waals surface area contributed by atoms with Crippen LogP contribution in [0.3, 0.4) is 0 Å². The summed E-state index contributed by atoms with van der Waals surface area (Å²) in [4.78, 5) is 11.7. The van der Waals surface area contributed by atoms with E-state index in [-0.39, 0.29) is 16.9 Å². The van der Waals surface area contributed by atoms with Crippen molar-refractivity contribution in [2.24, 2.45) is 5.92 Å². The highest BCUT2D eigenvalue weighted by Gasteiger charge is 2.51. The number of carboxylic acid groups (broad SMARTS) is 1. The number of rotatable bonds is 3. The van der Waals surface area contributed by atoms with Crippen molar-refractivity contribution in [3.8, 4) is 0 Å². The smallest absolute Gasteiger partial charge is 0.322 e. The predicted octanol–water partition coefficient (Wildman–Crippen LogP) is 2.86. The van der Waals surface area contributed by atoms with Crippen LogP contribution in [0.25, 0.3) is 0 Å². The molecule has 1 aromatic carbocycles. The Morgan fingerprint density at radius 1 is 1.27 bits per heavy atom. The first-order valence-corrected chi connectivity index (χ1v) is 9.66. The number of nitrogens with zero attached hydrogens (tertiary/aromatic N) is 1. The third-order valence-corrected chi connectivity index (χ3v) is 7.11. The molecule has 3 atom stereocenters. The first-order chi connectivity index (χ1) is 10.4. The number of fused-ring (bicyclic) bond motifs is 1. The second-order valence-corrected chi connectivity index (χ2v) is 8.75. The summed E-state index contributed by atoms with van der Waals surface area (Å²) >= 11 is 3.28. The van der Waals surface area contributed by atoms with Crippen molar-refractivity contribution in [2.45, 2.75) is 49.1 Å². The lowest BCUT2D eigenvalue weighted by molar-refractivity contribution is -0.141. The van der Waals surface area contributed by atoms with Gasteiger partial charge in [-0.15, -0.1) is 0 Å². The van der Waals surface area contributed by atoms with Crippen LogP contribution in [0.5, 0.6) is 0 Å². The molecule has 3 unspecified atom stereocenters. The zero-order chi connectivity index (χ0) is 15.9.